The molecule has 2 amide bonds. The molecule has 1 N–H and O–H groups in total. The average Bonchev–Trinajstić information content (AvgIpc) is 3.40. The summed E-state index contributed by atoms with van der Waals surface area (Å²) in [5.74, 6) is 0.114. The minimum absolute atomic E-state index is 0.0620. The van der Waals surface area contributed by atoms with Crippen LogP contribution in [0.3, 0.4) is 0 Å². The molecule has 0 radical (unpaired) electrons. The first-order valence-corrected chi connectivity index (χ1v) is 9.77. The van der Waals surface area contributed by atoms with E-state index in [1.165, 1.54) is 0 Å². The third kappa shape index (κ3) is 3.72. The Morgan fingerprint density at radius 1 is 1.25 bits per heavy atom. The summed E-state index contributed by atoms with van der Waals surface area (Å²) in [7, 11) is 0. The van der Waals surface area contributed by atoms with E-state index in [0.717, 1.165) is 29.7 Å². The molecular weight excluding hydrogens is 354 g/mol. The molecule has 1 saturated heterocycles. The van der Waals surface area contributed by atoms with Crippen molar-refractivity contribution in [3.63, 3.8) is 0 Å². The molecule has 0 bridgehead atoms. The summed E-state index contributed by atoms with van der Waals surface area (Å²) in [6.07, 6.45) is 3.46. The first kappa shape index (κ1) is 18.5. The Morgan fingerprint density at radius 2 is 2.04 bits per heavy atom. The Balaban J connectivity index is 1.78. The first-order chi connectivity index (χ1) is 13.4. The maximum Gasteiger partial charge on any atom is 0.414 e. The smallest absolute Gasteiger partial charge is 0.414 e. The second-order valence-electron chi connectivity index (χ2n) is 8.00. The zero-order valence-electron chi connectivity index (χ0n) is 16.4. The fourth-order valence-corrected chi connectivity index (χ4v) is 3.39. The highest BCUT2D eigenvalue weighted by atomic mass is 16.6. The van der Waals surface area contributed by atoms with Gasteiger partial charge in [0.1, 0.15) is 6.61 Å². The maximum atomic E-state index is 12.7. The van der Waals surface area contributed by atoms with Crippen LogP contribution >= 0.6 is 0 Å². The molecule has 2 aromatic rings. The number of amides is 2. The number of aryl methyl sites for hydroxylation is 1. The lowest BCUT2D eigenvalue weighted by Gasteiger charge is -2.25. The lowest BCUT2D eigenvalue weighted by molar-refractivity contribution is 0.0951. The molecule has 2 heterocycles. The SMILES string of the molecule is Cc1ccc(-c2cc(C(=O)NC3CC3)cc(N3C(=O)OC[C@H]3C(C)C)c2)nc1. The monoisotopic (exact) mass is 379 g/mol. The van der Waals surface area contributed by atoms with E-state index >= 15 is 0 Å². The molecule has 1 aromatic heterocycles. The standard InChI is InChI=1S/C22H25N3O3/c1-13(2)20-12-28-22(27)25(20)18-9-15(19-7-4-14(3)11-23-19)8-16(10-18)21(26)24-17-5-6-17/h4,7-11,13,17,20H,5-6,12H2,1-3H3,(H,24,26)/t20-/m0/s1. The minimum Gasteiger partial charge on any atom is -0.447 e. The normalized spacial score (nSPS) is 19.1. The number of carbonyl (C=O) groups excluding carboxylic acids is 2. The fourth-order valence-electron chi connectivity index (χ4n) is 3.39. The number of benzene rings is 1. The van der Waals surface area contributed by atoms with Crippen molar-refractivity contribution < 1.29 is 14.3 Å². The fraction of sp³-hybridized carbons (Fsp3) is 0.409. The van der Waals surface area contributed by atoms with Gasteiger partial charge in [-0.3, -0.25) is 14.7 Å². The highest BCUT2D eigenvalue weighted by molar-refractivity contribution is 5.99. The number of rotatable bonds is 5. The predicted octanol–water partition coefficient (Wildman–Crippen LogP) is 3.93. The number of aromatic nitrogens is 1. The molecule has 146 valence electrons. The molecule has 0 spiro atoms. The van der Waals surface area contributed by atoms with Gasteiger partial charge in [-0.2, -0.15) is 0 Å². The van der Waals surface area contributed by atoms with Crippen LogP contribution in [-0.4, -0.2) is 35.7 Å². The Hall–Kier alpha value is -2.89. The van der Waals surface area contributed by atoms with Crippen molar-refractivity contribution in [2.75, 3.05) is 11.5 Å². The van der Waals surface area contributed by atoms with E-state index in [1.807, 2.05) is 31.2 Å². The Morgan fingerprint density at radius 3 is 2.68 bits per heavy atom. The molecule has 1 saturated carbocycles. The van der Waals surface area contributed by atoms with Crippen LogP contribution in [0.4, 0.5) is 10.5 Å². The zero-order chi connectivity index (χ0) is 19.8. The van der Waals surface area contributed by atoms with Gasteiger partial charge >= 0.3 is 6.09 Å². The average molecular weight is 379 g/mol. The van der Waals surface area contributed by atoms with Crippen LogP contribution < -0.4 is 10.2 Å². The molecule has 1 aliphatic heterocycles. The molecule has 28 heavy (non-hydrogen) atoms. The lowest BCUT2D eigenvalue weighted by Crippen LogP contribution is -2.37. The van der Waals surface area contributed by atoms with Gasteiger partial charge in [-0.05, 0) is 55.5 Å². The van der Waals surface area contributed by atoms with E-state index in [-0.39, 0.29) is 30.0 Å². The maximum absolute atomic E-state index is 12.7. The molecule has 2 aliphatic rings. The molecular formula is C22H25N3O3. The summed E-state index contributed by atoms with van der Waals surface area (Å²) >= 11 is 0. The zero-order valence-corrected chi connectivity index (χ0v) is 16.4. The number of carbonyl (C=O) groups is 2. The number of hydrogen-bond acceptors (Lipinski definition) is 4. The van der Waals surface area contributed by atoms with Gasteiger partial charge in [0, 0.05) is 29.1 Å². The van der Waals surface area contributed by atoms with Crippen LogP contribution in [0.5, 0.6) is 0 Å². The highest BCUT2D eigenvalue weighted by Gasteiger charge is 2.36. The Labute approximate surface area is 164 Å². The van der Waals surface area contributed by atoms with E-state index in [2.05, 4.69) is 24.1 Å². The third-order valence-corrected chi connectivity index (χ3v) is 5.25. The van der Waals surface area contributed by atoms with Crippen molar-refractivity contribution in [1.82, 2.24) is 10.3 Å². The molecule has 6 heteroatoms. The summed E-state index contributed by atoms with van der Waals surface area (Å²) in [5.41, 5.74) is 3.84. The van der Waals surface area contributed by atoms with Gasteiger partial charge in [0.15, 0.2) is 0 Å². The molecule has 0 unspecified atom stereocenters. The van der Waals surface area contributed by atoms with Gasteiger partial charge < -0.3 is 10.1 Å². The number of hydrogen-bond donors (Lipinski definition) is 1. The number of nitrogens with one attached hydrogen (secondary N) is 1. The van der Waals surface area contributed by atoms with Crippen LogP contribution in [0, 0.1) is 12.8 Å². The van der Waals surface area contributed by atoms with Crippen LogP contribution in [-0.2, 0) is 4.74 Å². The van der Waals surface area contributed by atoms with Crippen molar-refractivity contribution in [3.8, 4) is 11.3 Å². The van der Waals surface area contributed by atoms with E-state index in [0.29, 0.717) is 17.9 Å². The van der Waals surface area contributed by atoms with Crippen LogP contribution in [0.2, 0.25) is 0 Å². The van der Waals surface area contributed by atoms with E-state index in [4.69, 9.17) is 4.74 Å². The van der Waals surface area contributed by atoms with Crippen LogP contribution in [0.15, 0.2) is 36.5 Å². The summed E-state index contributed by atoms with van der Waals surface area (Å²) in [6, 6.07) is 9.64. The van der Waals surface area contributed by atoms with Gasteiger partial charge in [0.25, 0.3) is 5.91 Å². The minimum atomic E-state index is -0.374. The summed E-state index contributed by atoms with van der Waals surface area (Å²) < 4.78 is 5.30. The lowest BCUT2D eigenvalue weighted by atomic mass is 10.0. The number of pyridine rings is 1. The van der Waals surface area contributed by atoms with Crippen LogP contribution in [0.1, 0.15) is 42.6 Å². The van der Waals surface area contributed by atoms with E-state index in [9.17, 15) is 9.59 Å². The van der Waals surface area contributed by atoms with Gasteiger partial charge in [0.05, 0.1) is 11.7 Å². The summed E-state index contributed by atoms with van der Waals surface area (Å²) in [6.45, 7) is 6.46. The number of anilines is 1. The first-order valence-electron chi connectivity index (χ1n) is 9.77. The quantitative estimate of drug-likeness (QED) is 0.854. The van der Waals surface area contributed by atoms with Crippen molar-refractivity contribution >= 4 is 17.7 Å². The van der Waals surface area contributed by atoms with Gasteiger partial charge in [-0.15, -0.1) is 0 Å². The topological polar surface area (TPSA) is 71.5 Å². The molecule has 2 fully saturated rings. The van der Waals surface area contributed by atoms with Crippen molar-refractivity contribution in [1.29, 1.82) is 0 Å². The van der Waals surface area contributed by atoms with Crippen molar-refractivity contribution in [2.24, 2.45) is 5.92 Å². The molecule has 1 atom stereocenters. The van der Waals surface area contributed by atoms with Gasteiger partial charge in [-0.25, -0.2) is 4.79 Å². The van der Waals surface area contributed by atoms with E-state index in [1.54, 1.807) is 17.2 Å². The van der Waals surface area contributed by atoms with Crippen molar-refractivity contribution in [3.05, 3.63) is 47.7 Å². The summed E-state index contributed by atoms with van der Waals surface area (Å²) in [5, 5.41) is 3.03. The predicted molar refractivity (Wildman–Crippen MR) is 107 cm³/mol. The second kappa shape index (κ2) is 7.26. The molecule has 1 aliphatic carbocycles. The summed E-state index contributed by atoms with van der Waals surface area (Å²) in [4.78, 5) is 31.3. The Kier molecular flexibility index (Phi) is 4.79. The number of nitrogens with zero attached hydrogens (tertiary/aromatic N) is 2. The highest BCUT2D eigenvalue weighted by Crippen LogP contribution is 2.32. The number of ether oxygens (including phenoxy) is 1. The van der Waals surface area contributed by atoms with Crippen molar-refractivity contribution in [2.45, 2.75) is 45.7 Å². The van der Waals surface area contributed by atoms with Crippen LogP contribution in [0.25, 0.3) is 11.3 Å². The van der Waals surface area contributed by atoms with Gasteiger partial charge in [0.2, 0.25) is 0 Å². The largest absolute Gasteiger partial charge is 0.447 e. The molecule has 6 nitrogen and oxygen atoms in total. The Bertz CT molecular complexity index is 904. The molecule has 4 rings (SSSR count). The van der Waals surface area contributed by atoms with Gasteiger partial charge in [-0.1, -0.05) is 19.9 Å². The molecule has 1 aromatic carbocycles. The third-order valence-electron chi connectivity index (χ3n) is 5.25. The van der Waals surface area contributed by atoms with E-state index < -0.39 is 0 Å². The number of cyclic esters (lactones) is 1. The second-order valence-corrected chi connectivity index (χ2v) is 8.00.